The normalized spacial score (nSPS) is 10.3. The standard InChI is InChI=1S/C20H18FN3O/c1-14-6-2-5-9-19(14)24-17-10-16(11-22-13-17)20(25)23-12-15-7-3-4-8-18(15)21/h2-11,13,24H,12H2,1H3,(H,23,25). The van der Waals surface area contributed by atoms with Crippen LogP contribution < -0.4 is 10.6 Å². The highest BCUT2D eigenvalue weighted by molar-refractivity contribution is 5.94. The Morgan fingerprint density at radius 3 is 2.64 bits per heavy atom. The molecule has 126 valence electrons. The molecule has 4 nitrogen and oxygen atoms in total. The molecule has 5 heteroatoms. The molecule has 0 spiro atoms. The number of hydrogen-bond acceptors (Lipinski definition) is 3. The number of benzene rings is 2. The first-order valence-electron chi connectivity index (χ1n) is 7.93. The molecule has 3 aromatic rings. The zero-order valence-corrected chi connectivity index (χ0v) is 13.8. The summed E-state index contributed by atoms with van der Waals surface area (Å²) in [5.41, 5.74) is 3.62. The van der Waals surface area contributed by atoms with E-state index in [0.29, 0.717) is 16.8 Å². The Morgan fingerprint density at radius 2 is 1.84 bits per heavy atom. The van der Waals surface area contributed by atoms with Crippen molar-refractivity contribution in [2.75, 3.05) is 5.32 Å². The third kappa shape index (κ3) is 4.20. The van der Waals surface area contributed by atoms with Gasteiger partial charge in [-0.3, -0.25) is 9.78 Å². The van der Waals surface area contributed by atoms with Gasteiger partial charge in [0, 0.05) is 24.0 Å². The molecule has 0 saturated carbocycles. The van der Waals surface area contributed by atoms with Crippen LogP contribution in [0.4, 0.5) is 15.8 Å². The van der Waals surface area contributed by atoms with E-state index in [4.69, 9.17) is 0 Å². The Balaban J connectivity index is 1.69. The number of carbonyl (C=O) groups is 1. The number of amides is 1. The third-order valence-corrected chi connectivity index (χ3v) is 3.82. The lowest BCUT2D eigenvalue weighted by molar-refractivity contribution is 0.0950. The van der Waals surface area contributed by atoms with Gasteiger partial charge in [-0.05, 0) is 30.7 Å². The van der Waals surface area contributed by atoms with E-state index in [-0.39, 0.29) is 18.3 Å². The lowest BCUT2D eigenvalue weighted by Crippen LogP contribution is -2.23. The van der Waals surface area contributed by atoms with Gasteiger partial charge in [-0.25, -0.2) is 4.39 Å². The summed E-state index contributed by atoms with van der Waals surface area (Å²) in [5.74, 6) is -0.639. The van der Waals surface area contributed by atoms with E-state index in [1.807, 2.05) is 31.2 Å². The molecule has 2 N–H and O–H groups in total. The number of aromatic nitrogens is 1. The number of halogens is 1. The molecule has 0 aliphatic rings. The van der Waals surface area contributed by atoms with Gasteiger partial charge in [-0.2, -0.15) is 0 Å². The van der Waals surface area contributed by atoms with Crippen molar-refractivity contribution in [2.24, 2.45) is 0 Å². The van der Waals surface area contributed by atoms with Gasteiger partial charge in [0.15, 0.2) is 0 Å². The molecular formula is C20H18FN3O. The summed E-state index contributed by atoms with van der Waals surface area (Å²) in [4.78, 5) is 16.4. The Kier molecular flexibility index (Phi) is 5.04. The first-order valence-corrected chi connectivity index (χ1v) is 7.93. The highest BCUT2D eigenvalue weighted by atomic mass is 19.1. The van der Waals surface area contributed by atoms with Gasteiger partial charge in [0.05, 0.1) is 17.4 Å². The van der Waals surface area contributed by atoms with Crippen LogP contribution in [-0.2, 0) is 6.54 Å². The van der Waals surface area contributed by atoms with E-state index < -0.39 is 0 Å². The van der Waals surface area contributed by atoms with Gasteiger partial charge in [-0.15, -0.1) is 0 Å². The Bertz CT molecular complexity index is 895. The summed E-state index contributed by atoms with van der Waals surface area (Å²) in [6.45, 7) is 2.13. The summed E-state index contributed by atoms with van der Waals surface area (Å²) in [5, 5.41) is 5.96. The van der Waals surface area contributed by atoms with Crippen LogP contribution in [0.15, 0.2) is 67.0 Å². The SMILES string of the molecule is Cc1ccccc1Nc1cncc(C(=O)NCc2ccccc2F)c1. The second-order valence-electron chi connectivity index (χ2n) is 5.68. The van der Waals surface area contributed by atoms with Crippen LogP contribution in [0, 0.1) is 12.7 Å². The van der Waals surface area contributed by atoms with Crippen molar-refractivity contribution in [3.8, 4) is 0 Å². The minimum absolute atomic E-state index is 0.126. The Labute approximate surface area is 145 Å². The molecular weight excluding hydrogens is 317 g/mol. The third-order valence-electron chi connectivity index (χ3n) is 3.82. The summed E-state index contributed by atoms with van der Waals surface area (Å²) >= 11 is 0. The molecule has 0 bridgehead atoms. The van der Waals surface area contributed by atoms with Crippen LogP contribution >= 0.6 is 0 Å². The van der Waals surface area contributed by atoms with Crippen molar-refractivity contribution >= 4 is 17.3 Å². The Morgan fingerprint density at radius 1 is 1.08 bits per heavy atom. The van der Waals surface area contributed by atoms with Gasteiger partial charge < -0.3 is 10.6 Å². The van der Waals surface area contributed by atoms with Crippen LogP contribution in [0.3, 0.4) is 0 Å². The van der Waals surface area contributed by atoms with Crippen LogP contribution in [-0.4, -0.2) is 10.9 Å². The van der Waals surface area contributed by atoms with Gasteiger partial charge >= 0.3 is 0 Å². The smallest absolute Gasteiger partial charge is 0.253 e. The maximum atomic E-state index is 13.6. The quantitative estimate of drug-likeness (QED) is 0.735. The molecule has 0 fully saturated rings. The fourth-order valence-corrected chi connectivity index (χ4v) is 2.42. The number of hydrogen-bond donors (Lipinski definition) is 2. The lowest BCUT2D eigenvalue weighted by atomic mass is 10.2. The molecule has 0 unspecified atom stereocenters. The second-order valence-corrected chi connectivity index (χ2v) is 5.68. The molecule has 0 aliphatic heterocycles. The number of para-hydroxylation sites is 1. The van der Waals surface area contributed by atoms with Crippen molar-refractivity contribution in [1.29, 1.82) is 0 Å². The number of nitrogens with one attached hydrogen (secondary N) is 2. The van der Waals surface area contributed by atoms with Crippen molar-refractivity contribution in [3.05, 3.63) is 89.5 Å². The topological polar surface area (TPSA) is 54.0 Å². The van der Waals surface area contributed by atoms with Crippen molar-refractivity contribution < 1.29 is 9.18 Å². The number of anilines is 2. The van der Waals surface area contributed by atoms with E-state index in [1.54, 1.807) is 30.5 Å². The van der Waals surface area contributed by atoms with E-state index in [0.717, 1.165) is 11.3 Å². The van der Waals surface area contributed by atoms with Gasteiger partial charge in [0.1, 0.15) is 5.82 Å². The summed E-state index contributed by atoms with van der Waals surface area (Å²) in [7, 11) is 0. The molecule has 25 heavy (non-hydrogen) atoms. The first-order chi connectivity index (χ1) is 12.1. The molecule has 0 atom stereocenters. The summed E-state index contributed by atoms with van der Waals surface area (Å²) in [6, 6.07) is 15.9. The van der Waals surface area contributed by atoms with Crippen LogP contribution in [0.2, 0.25) is 0 Å². The van der Waals surface area contributed by atoms with E-state index in [9.17, 15) is 9.18 Å². The Hall–Kier alpha value is -3.21. The van der Waals surface area contributed by atoms with Crippen molar-refractivity contribution in [1.82, 2.24) is 10.3 Å². The van der Waals surface area contributed by atoms with Gasteiger partial charge in [0.25, 0.3) is 5.91 Å². The summed E-state index contributed by atoms with van der Waals surface area (Å²) < 4.78 is 13.6. The summed E-state index contributed by atoms with van der Waals surface area (Å²) in [6.07, 6.45) is 3.14. The number of carbonyl (C=O) groups excluding carboxylic acids is 1. The highest BCUT2D eigenvalue weighted by Gasteiger charge is 2.09. The maximum Gasteiger partial charge on any atom is 0.253 e. The minimum atomic E-state index is -0.337. The fourth-order valence-electron chi connectivity index (χ4n) is 2.42. The second kappa shape index (κ2) is 7.57. The molecule has 2 aromatic carbocycles. The van der Waals surface area contributed by atoms with E-state index >= 15 is 0 Å². The van der Waals surface area contributed by atoms with Gasteiger partial charge in [-0.1, -0.05) is 36.4 Å². The minimum Gasteiger partial charge on any atom is -0.354 e. The zero-order valence-electron chi connectivity index (χ0n) is 13.8. The van der Waals surface area contributed by atoms with E-state index in [1.165, 1.54) is 12.3 Å². The predicted molar refractivity (Wildman–Crippen MR) is 96.3 cm³/mol. The van der Waals surface area contributed by atoms with Crippen LogP contribution in [0.5, 0.6) is 0 Å². The highest BCUT2D eigenvalue weighted by Crippen LogP contribution is 2.20. The molecule has 0 aliphatic carbocycles. The van der Waals surface area contributed by atoms with Crippen LogP contribution in [0.1, 0.15) is 21.5 Å². The molecule has 0 saturated heterocycles. The largest absolute Gasteiger partial charge is 0.354 e. The maximum absolute atomic E-state index is 13.6. The predicted octanol–water partition coefficient (Wildman–Crippen LogP) is 4.20. The molecule has 1 aromatic heterocycles. The first kappa shape index (κ1) is 16.6. The molecule has 0 radical (unpaired) electrons. The van der Waals surface area contributed by atoms with Crippen molar-refractivity contribution in [3.63, 3.8) is 0 Å². The van der Waals surface area contributed by atoms with Crippen molar-refractivity contribution in [2.45, 2.75) is 13.5 Å². The molecule has 1 heterocycles. The van der Waals surface area contributed by atoms with Gasteiger partial charge in [0.2, 0.25) is 0 Å². The average molecular weight is 335 g/mol. The molecule has 1 amide bonds. The average Bonchev–Trinajstić information content (AvgIpc) is 2.63. The number of aryl methyl sites for hydroxylation is 1. The number of rotatable bonds is 5. The zero-order chi connectivity index (χ0) is 17.6. The number of pyridine rings is 1. The number of nitrogens with zero attached hydrogens (tertiary/aromatic N) is 1. The molecule has 3 rings (SSSR count). The fraction of sp³-hybridized carbons (Fsp3) is 0.100. The van der Waals surface area contributed by atoms with E-state index in [2.05, 4.69) is 15.6 Å². The monoisotopic (exact) mass is 335 g/mol. The van der Waals surface area contributed by atoms with Crippen LogP contribution in [0.25, 0.3) is 0 Å². The lowest BCUT2D eigenvalue weighted by Gasteiger charge is -2.10.